The molecule has 0 aromatic heterocycles. The van der Waals surface area contributed by atoms with Crippen LogP contribution in [0.4, 0.5) is 4.39 Å². The molecule has 0 amide bonds. The third kappa shape index (κ3) is 1.90. The lowest BCUT2D eigenvalue weighted by Crippen LogP contribution is -2.26. The number of carbonyl (C=O) groups is 1. The second-order valence-electron chi connectivity index (χ2n) is 5.22. The number of carboxylic acid groups (broad SMARTS) is 1. The summed E-state index contributed by atoms with van der Waals surface area (Å²) in [4.78, 5) is 13.2. The Kier molecular flexibility index (Phi) is 2.82. The van der Waals surface area contributed by atoms with Crippen LogP contribution in [0.2, 0.25) is 0 Å². The molecule has 96 valence electrons. The Morgan fingerprint density at radius 3 is 2.94 bits per heavy atom. The van der Waals surface area contributed by atoms with Crippen LogP contribution in [0.25, 0.3) is 0 Å². The first-order valence-electron chi connectivity index (χ1n) is 6.40. The molecule has 2 unspecified atom stereocenters. The van der Waals surface area contributed by atoms with Crippen molar-refractivity contribution in [2.24, 2.45) is 5.92 Å². The number of benzene rings is 1. The van der Waals surface area contributed by atoms with Crippen LogP contribution in [0.5, 0.6) is 0 Å². The van der Waals surface area contributed by atoms with Crippen LogP contribution in [-0.2, 0) is 11.2 Å². The maximum Gasteiger partial charge on any atom is 0.307 e. The molecular formula is C14H16FNO2. The van der Waals surface area contributed by atoms with Crippen molar-refractivity contribution in [2.75, 3.05) is 13.1 Å². The smallest absolute Gasteiger partial charge is 0.307 e. The van der Waals surface area contributed by atoms with Gasteiger partial charge in [0.05, 0.1) is 5.92 Å². The molecule has 1 aromatic carbocycles. The van der Waals surface area contributed by atoms with Crippen LogP contribution >= 0.6 is 0 Å². The van der Waals surface area contributed by atoms with E-state index in [4.69, 9.17) is 5.11 Å². The van der Waals surface area contributed by atoms with Crippen molar-refractivity contribution in [1.82, 2.24) is 4.90 Å². The minimum absolute atomic E-state index is 0.199. The van der Waals surface area contributed by atoms with E-state index in [0.29, 0.717) is 13.0 Å². The highest BCUT2D eigenvalue weighted by Gasteiger charge is 2.35. The maximum atomic E-state index is 13.3. The van der Waals surface area contributed by atoms with Crippen molar-refractivity contribution < 1.29 is 14.3 Å². The second-order valence-corrected chi connectivity index (χ2v) is 5.22. The first-order valence-corrected chi connectivity index (χ1v) is 6.40. The highest BCUT2D eigenvalue weighted by molar-refractivity contribution is 5.70. The van der Waals surface area contributed by atoms with Gasteiger partial charge in [-0.1, -0.05) is 6.07 Å². The molecule has 2 aliphatic rings. The summed E-state index contributed by atoms with van der Waals surface area (Å²) in [7, 11) is 0. The number of aryl methyl sites for hydroxylation is 1. The first kappa shape index (κ1) is 11.7. The van der Waals surface area contributed by atoms with E-state index < -0.39 is 5.97 Å². The Hall–Kier alpha value is -1.42. The van der Waals surface area contributed by atoms with Crippen LogP contribution in [-0.4, -0.2) is 29.1 Å². The summed E-state index contributed by atoms with van der Waals surface area (Å²) < 4.78 is 13.3. The number of likely N-dealkylation sites (tertiary alicyclic amines) is 1. The summed E-state index contributed by atoms with van der Waals surface area (Å²) in [6.07, 6.45) is 2.65. The molecule has 1 aliphatic carbocycles. The van der Waals surface area contributed by atoms with Gasteiger partial charge in [0.2, 0.25) is 0 Å². The topological polar surface area (TPSA) is 40.5 Å². The molecule has 4 heteroatoms. The Labute approximate surface area is 105 Å². The minimum Gasteiger partial charge on any atom is -0.481 e. The normalized spacial score (nSPS) is 27.4. The van der Waals surface area contributed by atoms with Gasteiger partial charge in [0, 0.05) is 12.6 Å². The van der Waals surface area contributed by atoms with Crippen molar-refractivity contribution in [2.45, 2.75) is 25.3 Å². The SMILES string of the molecule is O=C(O)C1CCN(C2CCc3ccc(F)cc32)C1. The maximum absolute atomic E-state index is 13.3. The predicted octanol–water partition coefficient (Wildman–Crippen LogP) is 2.22. The van der Waals surface area contributed by atoms with Gasteiger partial charge in [-0.25, -0.2) is 4.39 Å². The van der Waals surface area contributed by atoms with Crippen LogP contribution in [0, 0.1) is 11.7 Å². The quantitative estimate of drug-likeness (QED) is 0.873. The Morgan fingerprint density at radius 2 is 2.22 bits per heavy atom. The minimum atomic E-state index is -0.713. The fraction of sp³-hybridized carbons (Fsp3) is 0.500. The molecule has 18 heavy (non-hydrogen) atoms. The summed E-state index contributed by atoms with van der Waals surface area (Å²) in [5.41, 5.74) is 2.27. The highest BCUT2D eigenvalue weighted by atomic mass is 19.1. The molecule has 1 fully saturated rings. The van der Waals surface area contributed by atoms with Crippen molar-refractivity contribution in [3.63, 3.8) is 0 Å². The molecular weight excluding hydrogens is 233 g/mol. The summed E-state index contributed by atoms with van der Waals surface area (Å²) in [5, 5.41) is 9.03. The Bertz CT molecular complexity index is 489. The molecule has 1 saturated heterocycles. The largest absolute Gasteiger partial charge is 0.481 e. The van der Waals surface area contributed by atoms with Gasteiger partial charge in [0.15, 0.2) is 0 Å². The van der Waals surface area contributed by atoms with Gasteiger partial charge >= 0.3 is 5.97 Å². The number of rotatable bonds is 2. The number of halogens is 1. The number of hydrogen-bond donors (Lipinski definition) is 1. The van der Waals surface area contributed by atoms with Gasteiger partial charge in [-0.3, -0.25) is 9.69 Å². The zero-order chi connectivity index (χ0) is 12.7. The van der Waals surface area contributed by atoms with E-state index in [9.17, 15) is 9.18 Å². The predicted molar refractivity (Wildman–Crippen MR) is 64.8 cm³/mol. The molecule has 3 nitrogen and oxygen atoms in total. The molecule has 0 saturated carbocycles. The van der Waals surface area contributed by atoms with E-state index in [-0.39, 0.29) is 17.8 Å². The zero-order valence-electron chi connectivity index (χ0n) is 10.1. The number of hydrogen-bond acceptors (Lipinski definition) is 2. The average Bonchev–Trinajstić information content (AvgIpc) is 2.93. The first-order chi connectivity index (χ1) is 8.65. The van der Waals surface area contributed by atoms with E-state index in [1.807, 2.05) is 6.07 Å². The number of nitrogens with zero attached hydrogens (tertiary/aromatic N) is 1. The highest BCUT2D eigenvalue weighted by Crippen LogP contribution is 2.38. The molecule has 0 radical (unpaired) electrons. The van der Waals surface area contributed by atoms with Crippen molar-refractivity contribution in [1.29, 1.82) is 0 Å². The van der Waals surface area contributed by atoms with Gasteiger partial charge < -0.3 is 5.11 Å². The van der Waals surface area contributed by atoms with Gasteiger partial charge in [-0.2, -0.15) is 0 Å². The molecule has 1 N–H and O–H groups in total. The summed E-state index contributed by atoms with van der Waals surface area (Å²) in [6.45, 7) is 1.40. The fourth-order valence-electron chi connectivity index (χ4n) is 3.20. The third-order valence-electron chi connectivity index (χ3n) is 4.16. The average molecular weight is 249 g/mol. The van der Waals surface area contributed by atoms with E-state index in [1.165, 1.54) is 11.6 Å². The second kappa shape index (κ2) is 4.35. The lowest BCUT2D eigenvalue weighted by molar-refractivity contribution is -0.141. The van der Waals surface area contributed by atoms with Crippen molar-refractivity contribution >= 4 is 5.97 Å². The standard InChI is InChI=1S/C14H16FNO2/c15-11-3-1-9-2-4-13(12(9)7-11)16-6-5-10(8-16)14(17)18/h1,3,7,10,13H,2,4-6,8H2,(H,17,18). The summed E-state index contributed by atoms with van der Waals surface area (Å²) >= 11 is 0. The summed E-state index contributed by atoms with van der Waals surface area (Å²) in [6, 6.07) is 5.18. The monoisotopic (exact) mass is 249 g/mol. The molecule has 1 heterocycles. The van der Waals surface area contributed by atoms with Crippen molar-refractivity contribution in [3.05, 3.63) is 35.1 Å². The molecule has 0 bridgehead atoms. The van der Waals surface area contributed by atoms with E-state index in [1.54, 1.807) is 6.07 Å². The lowest BCUT2D eigenvalue weighted by atomic mass is 10.1. The van der Waals surface area contributed by atoms with Crippen molar-refractivity contribution in [3.8, 4) is 0 Å². The lowest BCUT2D eigenvalue weighted by Gasteiger charge is -2.24. The molecule has 1 aromatic rings. The van der Waals surface area contributed by atoms with Crippen LogP contribution in [0.15, 0.2) is 18.2 Å². The number of aliphatic carboxylic acids is 1. The van der Waals surface area contributed by atoms with Gasteiger partial charge in [-0.05, 0) is 49.1 Å². The molecule has 0 spiro atoms. The van der Waals surface area contributed by atoms with Crippen LogP contribution < -0.4 is 0 Å². The molecule has 1 aliphatic heterocycles. The number of carboxylic acids is 1. The molecule has 2 atom stereocenters. The number of fused-ring (bicyclic) bond motifs is 1. The van der Waals surface area contributed by atoms with E-state index >= 15 is 0 Å². The fourth-order valence-corrected chi connectivity index (χ4v) is 3.20. The van der Waals surface area contributed by atoms with Crippen LogP contribution in [0.3, 0.4) is 0 Å². The van der Waals surface area contributed by atoms with Gasteiger partial charge in [-0.15, -0.1) is 0 Å². The van der Waals surface area contributed by atoms with E-state index in [0.717, 1.165) is 24.9 Å². The zero-order valence-corrected chi connectivity index (χ0v) is 10.1. The third-order valence-corrected chi connectivity index (χ3v) is 4.16. The summed E-state index contributed by atoms with van der Waals surface area (Å²) in [5.74, 6) is -1.17. The Morgan fingerprint density at radius 1 is 1.39 bits per heavy atom. The van der Waals surface area contributed by atoms with Gasteiger partial charge in [0.1, 0.15) is 5.82 Å². The molecule has 3 rings (SSSR count). The van der Waals surface area contributed by atoms with Gasteiger partial charge in [0.25, 0.3) is 0 Å². The van der Waals surface area contributed by atoms with E-state index in [2.05, 4.69) is 4.90 Å². The Balaban J connectivity index is 1.81. The van der Waals surface area contributed by atoms with Crippen LogP contribution in [0.1, 0.15) is 30.0 Å².